The van der Waals surface area contributed by atoms with Gasteiger partial charge in [0.1, 0.15) is 12.7 Å². The lowest BCUT2D eigenvalue weighted by molar-refractivity contribution is -0.167. The minimum absolute atomic E-state index is 0.172. The largest absolute Gasteiger partial charge is 0.465 e. The van der Waals surface area contributed by atoms with Gasteiger partial charge in [-0.2, -0.15) is 17.2 Å². The smallest absolute Gasteiger partial charge is 0.458 e. The topological polar surface area (TPSA) is 107 Å². The lowest BCUT2D eigenvalue weighted by Crippen LogP contribution is -2.40. The maximum atomic E-state index is 13.0. The first-order valence-electron chi connectivity index (χ1n) is 6.35. The molecule has 3 rings (SSSR count). The first-order chi connectivity index (χ1) is 9.63. The molecule has 118 valence electrons. The third-order valence-corrected chi connectivity index (χ3v) is 5.25. The van der Waals surface area contributed by atoms with Crippen molar-refractivity contribution in [1.29, 1.82) is 0 Å². The molecule has 5 unspecified atom stereocenters. The number of fused-ring (bicyclic) bond motifs is 3. The maximum Gasteiger partial charge on any atom is 0.465 e. The number of ether oxygens (including phenoxy) is 2. The summed E-state index contributed by atoms with van der Waals surface area (Å²) in [5.74, 6) is -2.57. The van der Waals surface area contributed by atoms with Gasteiger partial charge in [0.15, 0.2) is 0 Å². The summed E-state index contributed by atoms with van der Waals surface area (Å²) in [6.07, 6.45) is 0.796. The van der Waals surface area contributed by atoms with Crippen molar-refractivity contribution >= 4 is 22.1 Å². The van der Waals surface area contributed by atoms with Crippen LogP contribution in [0, 0.1) is 23.7 Å². The SMILES string of the molecule is O=C1OC(COC(=O)C(F)(F)S(=O)(=O)O)C2C1CC1CC12. The van der Waals surface area contributed by atoms with E-state index in [0.717, 1.165) is 6.42 Å². The highest BCUT2D eigenvalue weighted by Gasteiger charge is 2.63. The van der Waals surface area contributed by atoms with Crippen molar-refractivity contribution in [2.45, 2.75) is 24.2 Å². The van der Waals surface area contributed by atoms with Gasteiger partial charge in [0.25, 0.3) is 0 Å². The van der Waals surface area contributed by atoms with Crippen LogP contribution in [0.4, 0.5) is 8.78 Å². The van der Waals surface area contributed by atoms with Gasteiger partial charge >= 0.3 is 27.3 Å². The Morgan fingerprint density at radius 2 is 2.10 bits per heavy atom. The standard InChI is InChI=1S/C11H12F2O7S/c12-11(13,21(16,17)18)10(15)19-3-7-8-5-1-4(5)2-6(8)9(14)20-7/h4-8H,1-3H2,(H,16,17,18). The number of carbonyl (C=O) groups excluding carboxylic acids is 2. The van der Waals surface area contributed by atoms with E-state index in [1.54, 1.807) is 0 Å². The average molecular weight is 326 g/mol. The van der Waals surface area contributed by atoms with Crippen molar-refractivity contribution in [2.75, 3.05) is 6.61 Å². The monoisotopic (exact) mass is 326 g/mol. The van der Waals surface area contributed by atoms with Crippen molar-refractivity contribution < 1.29 is 40.8 Å². The Balaban J connectivity index is 1.63. The molecule has 7 nitrogen and oxygen atoms in total. The highest BCUT2D eigenvalue weighted by molar-refractivity contribution is 7.87. The quantitative estimate of drug-likeness (QED) is 0.581. The molecule has 3 fully saturated rings. The molecule has 0 aromatic carbocycles. The van der Waals surface area contributed by atoms with E-state index in [4.69, 9.17) is 9.29 Å². The molecule has 2 aliphatic carbocycles. The summed E-state index contributed by atoms with van der Waals surface area (Å²) in [7, 11) is -5.89. The maximum absolute atomic E-state index is 13.0. The lowest BCUT2D eigenvalue weighted by Gasteiger charge is -2.18. The molecule has 3 aliphatic rings. The molecule has 0 spiro atoms. The van der Waals surface area contributed by atoms with Gasteiger partial charge < -0.3 is 9.47 Å². The Bertz CT molecular complexity index is 602. The van der Waals surface area contributed by atoms with Crippen LogP contribution in [-0.4, -0.2) is 42.9 Å². The van der Waals surface area contributed by atoms with Gasteiger partial charge in [0.2, 0.25) is 0 Å². The van der Waals surface area contributed by atoms with E-state index >= 15 is 0 Å². The van der Waals surface area contributed by atoms with E-state index < -0.39 is 40.0 Å². The summed E-state index contributed by atoms with van der Waals surface area (Å²) in [6, 6.07) is 0. The van der Waals surface area contributed by atoms with Crippen molar-refractivity contribution in [3.63, 3.8) is 0 Å². The van der Waals surface area contributed by atoms with Crippen molar-refractivity contribution in [1.82, 2.24) is 0 Å². The van der Waals surface area contributed by atoms with E-state index in [1.165, 1.54) is 0 Å². The van der Waals surface area contributed by atoms with Gasteiger partial charge in [-0.05, 0) is 24.7 Å². The molecule has 1 aliphatic heterocycles. The second-order valence-corrected chi connectivity index (χ2v) is 7.11. The van der Waals surface area contributed by atoms with Crippen LogP contribution in [0.15, 0.2) is 0 Å². The van der Waals surface area contributed by atoms with Crippen LogP contribution in [0.25, 0.3) is 0 Å². The molecule has 0 amide bonds. The van der Waals surface area contributed by atoms with Gasteiger partial charge in [-0.15, -0.1) is 0 Å². The molecule has 1 saturated heterocycles. The zero-order chi connectivity index (χ0) is 15.6. The van der Waals surface area contributed by atoms with Crippen LogP contribution in [-0.2, 0) is 29.2 Å². The number of cyclic esters (lactones) is 1. The highest BCUT2D eigenvalue weighted by Crippen LogP contribution is 2.61. The summed E-state index contributed by atoms with van der Waals surface area (Å²) < 4.78 is 64.3. The average Bonchev–Trinajstić information content (AvgIpc) is 2.91. The summed E-state index contributed by atoms with van der Waals surface area (Å²) in [5.41, 5.74) is 0. The molecule has 0 aromatic heterocycles. The van der Waals surface area contributed by atoms with Crippen molar-refractivity contribution in [2.24, 2.45) is 23.7 Å². The molecular weight excluding hydrogens is 314 g/mol. The molecular formula is C11H12F2O7S. The number of hydrogen-bond donors (Lipinski definition) is 1. The number of rotatable bonds is 4. The molecule has 21 heavy (non-hydrogen) atoms. The summed E-state index contributed by atoms with van der Waals surface area (Å²) in [4.78, 5) is 22.7. The predicted octanol–water partition coefficient (Wildman–Crippen LogP) is 0.208. The summed E-state index contributed by atoms with van der Waals surface area (Å²) in [5, 5.41) is -5.03. The van der Waals surface area contributed by atoms with Gasteiger partial charge in [-0.1, -0.05) is 0 Å². The number of esters is 2. The number of hydrogen-bond acceptors (Lipinski definition) is 6. The minimum Gasteiger partial charge on any atom is -0.458 e. The Kier molecular flexibility index (Phi) is 3.04. The molecule has 1 heterocycles. The second-order valence-electron chi connectivity index (χ2n) is 5.64. The van der Waals surface area contributed by atoms with Gasteiger partial charge in [-0.3, -0.25) is 9.35 Å². The molecule has 0 bridgehead atoms. The van der Waals surface area contributed by atoms with Gasteiger partial charge in [0, 0.05) is 5.92 Å². The Morgan fingerprint density at radius 3 is 2.71 bits per heavy atom. The molecule has 0 radical (unpaired) electrons. The third-order valence-electron chi connectivity index (χ3n) is 4.43. The van der Waals surface area contributed by atoms with Crippen molar-refractivity contribution in [3.8, 4) is 0 Å². The summed E-state index contributed by atoms with van der Waals surface area (Å²) >= 11 is 0. The Hall–Kier alpha value is -1.29. The molecule has 0 aromatic rings. The number of alkyl halides is 2. The first-order valence-corrected chi connectivity index (χ1v) is 7.79. The molecule has 5 atom stereocenters. The van der Waals surface area contributed by atoms with Crippen molar-refractivity contribution in [3.05, 3.63) is 0 Å². The van der Waals surface area contributed by atoms with Crippen LogP contribution in [0.1, 0.15) is 12.8 Å². The van der Waals surface area contributed by atoms with E-state index in [-0.39, 0.29) is 17.8 Å². The fraction of sp³-hybridized carbons (Fsp3) is 0.818. The normalized spacial score (nSPS) is 37.7. The number of carbonyl (C=O) groups is 2. The first kappa shape index (κ1) is 14.6. The summed E-state index contributed by atoms with van der Waals surface area (Å²) in [6.45, 7) is -0.639. The van der Waals surface area contributed by atoms with Gasteiger partial charge in [0.05, 0.1) is 5.92 Å². The fourth-order valence-electron chi connectivity index (χ4n) is 3.39. The highest BCUT2D eigenvalue weighted by atomic mass is 32.2. The Labute approximate surface area is 118 Å². The van der Waals surface area contributed by atoms with Crippen LogP contribution in [0.5, 0.6) is 0 Å². The fourth-order valence-corrected chi connectivity index (χ4v) is 3.66. The zero-order valence-corrected chi connectivity index (χ0v) is 11.4. The van der Waals surface area contributed by atoms with E-state index in [2.05, 4.69) is 4.74 Å². The minimum atomic E-state index is -5.89. The lowest BCUT2D eigenvalue weighted by atomic mass is 9.90. The van der Waals surface area contributed by atoms with Gasteiger partial charge in [-0.25, -0.2) is 4.79 Å². The van der Waals surface area contributed by atoms with Crippen LogP contribution < -0.4 is 0 Å². The molecule has 2 saturated carbocycles. The van der Waals surface area contributed by atoms with E-state index in [0.29, 0.717) is 12.3 Å². The predicted molar refractivity (Wildman–Crippen MR) is 60.5 cm³/mol. The molecule has 1 N–H and O–H groups in total. The van der Waals surface area contributed by atoms with E-state index in [1.807, 2.05) is 0 Å². The Morgan fingerprint density at radius 1 is 1.43 bits per heavy atom. The number of halogens is 2. The van der Waals surface area contributed by atoms with Crippen LogP contribution in [0.3, 0.4) is 0 Å². The zero-order valence-electron chi connectivity index (χ0n) is 10.6. The second kappa shape index (κ2) is 4.35. The molecule has 10 heteroatoms. The van der Waals surface area contributed by atoms with Crippen LogP contribution in [0.2, 0.25) is 0 Å². The van der Waals surface area contributed by atoms with E-state index in [9.17, 15) is 26.8 Å². The van der Waals surface area contributed by atoms with Crippen LogP contribution >= 0.6 is 0 Å². The third kappa shape index (κ3) is 2.20.